The number of morpholine rings is 1. The van der Waals surface area contributed by atoms with E-state index in [1.807, 2.05) is 0 Å². The Morgan fingerprint density at radius 2 is 2.08 bits per heavy atom. The molecule has 8 heteroatoms. The smallest absolute Gasteiger partial charge is 0.258 e. The highest BCUT2D eigenvalue weighted by Gasteiger charge is 2.27. The Hall–Kier alpha value is -2.89. The first kappa shape index (κ1) is 17.9. The number of amides is 2. The monoisotopic (exact) mass is 370 g/mol. The van der Waals surface area contributed by atoms with Crippen LogP contribution in [-0.2, 0) is 9.53 Å². The van der Waals surface area contributed by atoms with Crippen molar-refractivity contribution in [2.45, 2.75) is 6.92 Å². The molecule has 7 nitrogen and oxygen atoms in total. The normalized spacial score (nSPS) is 13.9. The van der Waals surface area contributed by atoms with E-state index in [-0.39, 0.29) is 5.91 Å². The number of nitrogens with one attached hydrogen (secondary N) is 1. The molecule has 26 heavy (non-hydrogen) atoms. The fraction of sp³-hybridized carbons (Fsp3) is 0.278. The molecule has 1 aromatic carbocycles. The molecule has 134 valence electrons. The molecule has 0 saturated carbocycles. The highest BCUT2D eigenvalue weighted by Crippen LogP contribution is 2.48. The van der Waals surface area contributed by atoms with Crippen molar-refractivity contribution in [2.24, 2.45) is 5.73 Å². The minimum atomic E-state index is -0.570. The minimum Gasteiger partial charge on any atom is -0.378 e. The Kier molecular flexibility index (Phi) is 5.21. The summed E-state index contributed by atoms with van der Waals surface area (Å²) in [6.45, 7) is 11.6. The van der Waals surface area contributed by atoms with Gasteiger partial charge >= 0.3 is 0 Å². The summed E-state index contributed by atoms with van der Waals surface area (Å²) >= 11 is 1.23. The molecule has 1 aromatic heterocycles. The molecule has 0 atom stereocenters. The van der Waals surface area contributed by atoms with Gasteiger partial charge in [0.1, 0.15) is 0 Å². The van der Waals surface area contributed by atoms with Gasteiger partial charge in [-0.15, -0.1) is 11.3 Å². The fourth-order valence-corrected chi connectivity index (χ4v) is 4.06. The topological polar surface area (TPSA) is 89.0 Å². The molecule has 0 aliphatic carbocycles. The molecule has 0 unspecified atom stereocenters. The Balaban J connectivity index is 2.14. The summed E-state index contributed by atoms with van der Waals surface area (Å²) < 4.78 is 5.37. The van der Waals surface area contributed by atoms with Gasteiger partial charge in [0.25, 0.3) is 5.91 Å². The lowest BCUT2D eigenvalue weighted by Crippen LogP contribution is -2.35. The molecule has 2 amide bonds. The van der Waals surface area contributed by atoms with E-state index in [4.69, 9.17) is 17.0 Å². The predicted octanol–water partition coefficient (Wildman–Crippen LogP) is 2.86. The van der Waals surface area contributed by atoms with E-state index in [2.05, 4.69) is 15.1 Å². The van der Waals surface area contributed by atoms with Gasteiger partial charge in [-0.05, 0) is 17.7 Å². The van der Waals surface area contributed by atoms with Crippen LogP contribution in [-0.4, -0.2) is 38.1 Å². The second kappa shape index (κ2) is 7.56. The number of rotatable bonds is 4. The second-order valence-corrected chi connectivity index (χ2v) is 6.80. The zero-order valence-corrected chi connectivity index (χ0v) is 15.1. The minimum absolute atomic E-state index is 0.193. The van der Waals surface area contributed by atoms with Gasteiger partial charge in [0.2, 0.25) is 11.6 Å². The van der Waals surface area contributed by atoms with Gasteiger partial charge in [0.15, 0.2) is 0 Å². The molecule has 1 aliphatic rings. The van der Waals surface area contributed by atoms with Crippen molar-refractivity contribution in [3.63, 3.8) is 0 Å². The lowest BCUT2D eigenvalue weighted by atomic mass is 10.0. The molecular formula is C18H18N4O3S. The summed E-state index contributed by atoms with van der Waals surface area (Å²) in [5, 5.41) is 3.45. The largest absolute Gasteiger partial charge is 0.378 e. The van der Waals surface area contributed by atoms with E-state index in [9.17, 15) is 9.59 Å². The molecule has 0 radical (unpaired) electrons. The molecule has 2 aromatic rings. The third-order valence-electron chi connectivity index (χ3n) is 3.97. The third-order valence-corrected chi connectivity index (χ3v) is 5.23. The summed E-state index contributed by atoms with van der Waals surface area (Å²) in [5.74, 6) is -0.763. The molecule has 2 heterocycles. The Morgan fingerprint density at radius 3 is 2.69 bits per heavy atom. The number of benzene rings is 1. The average molecular weight is 370 g/mol. The quantitative estimate of drug-likeness (QED) is 0.810. The van der Waals surface area contributed by atoms with Crippen LogP contribution in [0.4, 0.5) is 16.4 Å². The van der Waals surface area contributed by atoms with Crippen LogP contribution in [0.3, 0.4) is 0 Å². The SMILES string of the molecule is [C-]#[N+]c1c(N2CCOCC2)sc(C(N)=O)c1-c1cccc(NC(C)=O)c1. The molecule has 3 N–H and O–H groups in total. The van der Waals surface area contributed by atoms with Gasteiger partial charge in [0.05, 0.1) is 29.7 Å². The third kappa shape index (κ3) is 3.54. The molecule has 0 spiro atoms. The highest BCUT2D eigenvalue weighted by molar-refractivity contribution is 7.19. The summed E-state index contributed by atoms with van der Waals surface area (Å²) in [7, 11) is 0. The van der Waals surface area contributed by atoms with Crippen LogP contribution in [0.5, 0.6) is 0 Å². The lowest BCUT2D eigenvalue weighted by Gasteiger charge is -2.28. The van der Waals surface area contributed by atoms with E-state index >= 15 is 0 Å². The number of nitrogens with two attached hydrogens (primary N) is 1. The summed E-state index contributed by atoms with van der Waals surface area (Å²) in [6.07, 6.45) is 0. The number of nitrogens with zero attached hydrogens (tertiary/aromatic N) is 2. The molecule has 0 bridgehead atoms. The Bertz CT molecular complexity index is 894. The predicted molar refractivity (Wildman–Crippen MR) is 102 cm³/mol. The van der Waals surface area contributed by atoms with E-state index in [1.54, 1.807) is 24.3 Å². The van der Waals surface area contributed by atoms with Crippen molar-refractivity contribution in [2.75, 3.05) is 36.5 Å². The maximum atomic E-state index is 12.0. The number of carbonyl (C=O) groups excluding carboxylic acids is 2. The van der Waals surface area contributed by atoms with Crippen LogP contribution in [0.2, 0.25) is 0 Å². The van der Waals surface area contributed by atoms with Crippen molar-refractivity contribution in [1.82, 2.24) is 0 Å². The van der Waals surface area contributed by atoms with Gasteiger partial charge in [0, 0.05) is 31.3 Å². The number of hydrogen-bond acceptors (Lipinski definition) is 5. The zero-order chi connectivity index (χ0) is 18.7. The first-order valence-corrected chi connectivity index (χ1v) is 8.87. The zero-order valence-electron chi connectivity index (χ0n) is 14.2. The van der Waals surface area contributed by atoms with E-state index in [0.29, 0.717) is 53.7 Å². The maximum absolute atomic E-state index is 12.0. The van der Waals surface area contributed by atoms with E-state index in [1.165, 1.54) is 18.3 Å². The van der Waals surface area contributed by atoms with Crippen molar-refractivity contribution in [3.8, 4) is 11.1 Å². The van der Waals surface area contributed by atoms with Crippen LogP contribution in [0.15, 0.2) is 24.3 Å². The van der Waals surface area contributed by atoms with Gasteiger partial charge in [-0.3, -0.25) is 9.59 Å². The first-order valence-electron chi connectivity index (χ1n) is 8.06. The van der Waals surface area contributed by atoms with Gasteiger partial charge in [-0.1, -0.05) is 12.1 Å². The number of anilines is 2. The van der Waals surface area contributed by atoms with Crippen molar-refractivity contribution < 1.29 is 14.3 Å². The van der Waals surface area contributed by atoms with Crippen LogP contribution in [0.25, 0.3) is 16.0 Å². The standard InChI is InChI=1S/C18H18N4O3S/c1-11(23)21-13-5-3-4-12(10-13)14-15(20-2)18(26-16(14)17(19)24)22-6-8-25-9-7-22/h3-5,10H,6-9H2,1H3,(H2,19,24)(H,21,23). The molecule has 1 aliphatic heterocycles. The average Bonchev–Trinajstić information content (AvgIpc) is 3.02. The molecular weight excluding hydrogens is 352 g/mol. The maximum Gasteiger partial charge on any atom is 0.258 e. The first-order chi connectivity index (χ1) is 12.5. The Morgan fingerprint density at radius 1 is 1.35 bits per heavy atom. The van der Waals surface area contributed by atoms with Crippen LogP contribution in [0.1, 0.15) is 16.6 Å². The molecule has 1 saturated heterocycles. The number of thiophene rings is 1. The van der Waals surface area contributed by atoms with E-state index in [0.717, 1.165) is 5.00 Å². The summed E-state index contributed by atoms with van der Waals surface area (Å²) in [4.78, 5) is 29.5. The molecule has 3 rings (SSSR count). The number of ether oxygens (including phenoxy) is 1. The van der Waals surface area contributed by atoms with Gasteiger partial charge < -0.3 is 20.7 Å². The van der Waals surface area contributed by atoms with Crippen molar-refractivity contribution in [1.29, 1.82) is 0 Å². The van der Waals surface area contributed by atoms with Crippen LogP contribution in [0, 0.1) is 6.57 Å². The second-order valence-electron chi connectivity index (χ2n) is 5.80. The number of primary amides is 1. The highest BCUT2D eigenvalue weighted by atomic mass is 32.1. The van der Waals surface area contributed by atoms with Gasteiger partial charge in [-0.2, -0.15) is 0 Å². The Labute approximate surface area is 155 Å². The van der Waals surface area contributed by atoms with Crippen molar-refractivity contribution >= 4 is 39.5 Å². The van der Waals surface area contributed by atoms with Crippen LogP contribution >= 0.6 is 11.3 Å². The molecule has 1 fully saturated rings. The number of hydrogen-bond donors (Lipinski definition) is 2. The number of carbonyl (C=O) groups is 2. The van der Waals surface area contributed by atoms with E-state index < -0.39 is 5.91 Å². The fourth-order valence-electron chi connectivity index (χ4n) is 2.89. The summed E-state index contributed by atoms with van der Waals surface area (Å²) in [6, 6.07) is 7.07. The lowest BCUT2D eigenvalue weighted by molar-refractivity contribution is -0.114. The van der Waals surface area contributed by atoms with Gasteiger partial charge in [-0.25, -0.2) is 4.85 Å². The van der Waals surface area contributed by atoms with Crippen molar-refractivity contribution in [3.05, 3.63) is 40.6 Å². The summed E-state index contributed by atoms with van der Waals surface area (Å²) in [5.41, 5.74) is 7.79. The van der Waals surface area contributed by atoms with Crippen LogP contribution < -0.4 is 16.0 Å².